The molecule has 19 heavy (non-hydrogen) atoms. The molecule has 0 aliphatic carbocycles. The van der Waals surface area contributed by atoms with Gasteiger partial charge in [0.05, 0.1) is 11.6 Å². The summed E-state index contributed by atoms with van der Waals surface area (Å²) in [6.07, 6.45) is 1.05. The Morgan fingerprint density at radius 3 is 2.63 bits per heavy atom. The van der Waals surface area contributed by atoms with Gasteiger partial charge in [0.25, 0.3) is 0 Å². The number of benzene rings is 1. The van der Waals surface area contributed by atoms with Crippen LogP contribution in [0, 0.1) is 11.3 Å². The topological polar surface area (TPSA) is 68.3 Å². The highest BCUT2D eigenvalue weighted by Gasteiger charge is 2.05. The van der Waals surface area contributed by atoms with Crippen LogP contribution in [0.3, 0.4) is 0 Å². The molecule has 1 rings (SSSR count). The van der Waals surface area contributed by atoms with E-state index in [4.69, 9.17) is 32.2 Å². The fraction of sp³-hybridized carbons (Fsp3) is 0.500. The summed E-state index contributed by atoms with van der Waals surface area (Å²) in [5.41, 5.74) is 5.90. The van der Waals surface area contributed by atoms with Crippen molar-refractivity contribution in [3.8, 4) is 5.75 Å². The van der Waals surface area contributed by atoms with Crippen molar-refractivity contribution in [3.63, 3.8) is 0 Å². The third-order valence-electron chi connectivity index (χ3n) is 2.57. The molecule has 5 heteroatoms. The molecule has 106 valence electrons. The van der Waals surface area contributed by atoms with Gasteiger partial charge in [0, 0.05) is 12.2 Å². The van der Waals surface area contributed by atoms with Crippen LogP contribution in [0.1, 0.15) is 25.8 Å². The van der Waals surface area contributed by atoms with Gasteiger partial charge in [-0.05, 0) is 30.5 Å². The second kappa shape index (κ2) is 8.02. The van der Waals surface area contributed by atoms with Crippen LogP contribution >= 0.6 is 11.6 Å². The van der Waals surface area contributed by atoms with Gasteiger partial charge in [0.15, 0.2) is 0 Å². The molecule has 0 heterocycles. The van der Waals surface area contributed by atoms with E-state index in [9.17, 15) is 0 Å². The zero-order valence-electron chi connectivity index (χ0n) is 11.4. The predicted octanol–water partition coefficient (Wildman–Crippen LogP) is 3.07. The average molecular weight is 285 g/mol. The number of amidine groups is 1. The predicted molar refractivity (Wildman–Crippen MR) is 78.2 cm³/mol. The van der Waals surface area contributed by atoms with Gasteiger partial charge in [-0.3, -0.25) is 5.41 Å². The first-order valence-electron chi connectivity index (χ1n) is 6.35. The highest BCUT2D eigenvalue weighted by atomic mass is 35.5. The van der Waals surface area contributed by atoms with E-state index in [0.717, 1.165) is 13.0 Å². The Hall–Kier alpha value is -1.26. The highest BCUT2D eigenvalue weighted by Crippen LogP contribution is 2.22. The van der Waals surface area contributed by atoms with E-state index >= 15 is 0 Å². The van der Waals surface area contributed by atoms with Crippen molar-refractivity contribution in [2.24, 2.45) is 11.7 Å². The number of nitrogen functional groups attached to an aromatic ring is 1. The van der Waals surface area contributed by atoms with Crippen molar-refractivity contribution in [1.82, 2.24) is 0 Å². The van der Waals surface area contributed by atoms with Crippen LogP contribution in [-0.4, -0.2) is 25.7 Å². The van der Waals surface area contributed by atoms with Gasteiger partial charge in [-0.25, -0.2) is 0 Å². The molecule has 0 saturated heterocycles. The molecule has 3 N–H and O–H groups in total. The van der Waals surface area contributed by atoms with Crippen molar-refractivity contribution >= 4 is 17.4 Å². The van der Waals surface area contributed by atoms with Gasteiger partial charge in [-0.1, -0.05) is 25.4 Å². The van der Waals surface area contributed by atoms with E-state index < -0.39 is 0 Å². The minimum Gasteiger partial charge on any atom is -0.491 e. The maximum Gasteiger partial charge on any atom is 0.124 e. The van der Waals surface area contributed by atoms with Gasteiger partial charge < -0.3 is 15.2 Å². The lowest BCUT2D eigenvalue weighted by atomic mass is 10.1. The molecule has 1 aromatic carbocycles. The van der Waals surface area contributed by atoms with Crippen LogP contribution in [0.4, 0.5) is 0 Å². The summed E-state index contributed by atoms with van der Waals surface area (Å²) in [6.45, 7) is 6.12. The number of hydrogen-bond donors (Lipinski definition) is 2. The lowest BCUT2D eigenvalue weighted by molar-refractivity contribution is 0.0926. The largest absolute Gasteiger partial charge is 0.491 e. The number of rotatable bonds is 8. The van der Waals surface area contributed by atoms with Crippen molar-refractivity contribution < 1.29 is 9.47 Å². The molecule has 0 aliphatic heterocycles. The molecule has 0 spiro atoms. The Kier molecular flexibility index (Phi) is 6.67. The summed E-state index contributed by atoms with van der Waals surface area (Å²) in [5.74, 6) is 1.26. The Balaban J connectivity index is 2.30. The van der Waals surface area contributed by atoms with Crippen molar-refractivity contribution in [2.45, 2.75) is 20.3 Å². The number of nitrogens with one attached hydrogen (secondary N) is 1. The molecule has 0 amide bonds. The Labute approximate surface area is 119 Å². The van der Waals surface area contributed by atoms with Crippen LogP contribution in [0.25, 0.3) is 0 Å². The summed E-state index contributed by atoms with van der Waals surface area (Å²) < 4.78 is 11.0. The summed E-state index contributed by atoms with van der Waals surface area (Å²) in [7, 11) is 0. The van der Waals surface area contributed by atoms with Gasteiger partial charge in [-0.15, -0.1) is 0 Å². The van der Waals surface area contributed by atoms with Gasteiger partial charge in [-0.2, -0.15) is 0 Å². The quantitative estimate of drug-likeness (QED) is 0.438. The zero-order valence-corrected chi connectivity index (χ0v) is 12.2. The maximum atomic E-state index is 7.33. The SMILES string of the molecule is CC(C)CCOCCOc1ccc(C(=N)N)c(Cl)c1. The second-order valence-corrected chi connectivity index (χ2v) is 5.11. The fourth-order valence-electron chi connectivity index (χ4n) is 1.44. The third kappa shape index (κ3) is 5.94. The van der Waals surface area contributed by atoms with E-state index in [0.29, 0.717) is 35.5 Å². The first kappa shape index (κ1) is 15.8. The Bertz CT molecular complexity index is 422. The van der Waals surface area contributed by atoms with E-state index in [1.165, 1.54) is 0 Å². The molecule has 0 saturated carbocycles. The Morgan fingerprint density at radius 1 is 1.32 bits per heavy atom. The van der Waals surface area contributed by atoms with E-state index in [-0.39, 0.29) is 5.84 Å². The molecule has 0 atom stereocenters. The van der Waals surface area contributed by atoms with E-state index in [2.05, 4.69) is 13.8 Å². The average Bonchev–Trinajstić information content (AvgIpc) is 2.32. The summed E-state index contributed by atoms with van der Waals surface area (Å²) in [5, 5.41) is 7.75. The standard InChI is InChI=1S/C14H21ClN2O2/c1-10(2)5-6-18-7-8-19-11-3-4-12(14(16)17)13(15)9-11/h3-4,9-10H,5-8H2,1-2H3,(H3,16,17). The smallest absolute Gasteiger partial charge is 0.124 e. The Morgan fingerprint density at radius 2 is 2.05 bits per heavy atom. The van der Waals surface area contributed by atoms with E-state index in [1.54, 1.807) is 18.2 Å². The monoisotopic (exact) mass is 284 g/mol. The van der Waals surface area contributed by atoms with Crippen LogP contribution in [0.15, 0.2) is 18.2 Å². The van der Waals surface area contributed by atoms with Crippen molar-refractivity contribution in [2.75, 3.05) is 19.8 Å². The van der Waals surface area contributed by atoms with Crippen molar-refractivity contribution in [1.29, 1.82) is 5.41 Å². The first-order chi connectivity index (χ1) is 9.00. The molecular weight excluding hydrogens is 264 g/mol. The number of hydrogen-bond acceptors (Lipinski definition) is 3. The molecule has 0 unspecified atom stereocenters. The van der Waals surface area contributed by atoms with Gasteiger partial charge >= 0.3 is 0 Å². The summed E-state index contributed by atoms with van der Waals surface area (Å²) in [6, 6.07) is 5.09. The minimum atomic E-state index is -0.0476. The lowest BCUT2D eigenvalue weighted by Crippen LogP contribution is -2.12. The number of halogens is 1. The summed E-state index contributed by atoms with van der Waals surface area (Å²) in [4.78, 5) is 0. The molecular formula is C14H21ClN2O2. The van der Waals surface area contributed by atoms with Gasteiger partial charge in [0.2, 0.25) is 0 Å². The minimum absolute atomic E-state index is 0.0476. The van der Waals surface area contributed by atoms with E-state index in [1.807, 2.05) is 0 Å². The van der Waals surface area contributed by atoms with Crippen LogP contribution in [-0.2, 0) is 4.74 Å². The summed E-state index contributed by atoms with van der Waals surface area (Å²) >= 11 is 5.99. The molecule has 4 nitrogen and oxygen atoms in total. The normalized spacial score (nSPS) is 10.7. The fourth-order valence-corrected chi connectivity index (χ4v) is 1.72. The zero-order chi connectivity index (χ0) is 14.3. The molecule has 0 bridgehead atoms. The van der Waals surface area contributed by atoms with Crippen LogP contribution in [0.5, 0.6) is 5.75 Å². The van der Waals surface area contributed by atoms with Crippen LogP contribution < -0.4 is 10.5 Å². The molecule has 1 aromatic rings. The lowest BCUT2D eigenvalue weighted by Gasteiger charge is -2.09. The third-order valence-corrected chi connectivity index (χ3v) is 2.88. The molecule has 0 aliphatic rings. The maximum absolute atomic E-state index is 7.33. The number of nitrogens with two attached hydrogens (primary N) is 1. The molecule has 0 radical (unpaired) electrons. The van der Waals surface area contributed by atoms with Gasteiger partial charge in [0.1, 0.15) is 18.2 Å². The van der Waals surface area contributed by atoms with Crippen molar-refractivity contribution in [3.05, 3.63) is 28.8 Å². The first-order valence-corrected chi connectivity index (χ1v) is 6.73. The number of ether oxygens (including phenoxy) is 2. The molecule has 0 aromatic heterocycles. The van der Waals surface area contributed by atoms with Crippen LogP contribution in [0.2, 0.25) is 5.02 Å². The molecule has 0 fully saturated rings. The second-order valence-electron chi connectivity index (χ2n) is 4.70. The highest BCUT2D eigenvalue weighted by molar-refractivity contribution is 6.34.